The average molecular weight is 583 g/mol. The molecule has 0 saturated heterocycles. The number of hydrogen-bond acceptors (Lipinski definition) is 4. The maximum atomic E-state index is 13.6. The molecule has 7 nitrogen and oxygen atoms in total. The summed E-state index contributed by atoms with van der Waals surface area (Å²) in [6.07, 6.45) is 7.21. The summed E-state index contributed by atoms with van der Waals surface area (Å²) in [5.74, 6) is -0.400. The molecular formula is C28H37Cl2N3O4S. The highest BCUT2D eigenvalue weighted by Gasteiger charge is 2.31. The molecule has 1 fully saturated rings. The van der Waals surface area contributed by atoms with Gasteiger partial charge in [0.05, 0.1) is 11.9 Å². The van der Waals surface area contributed by atoms with Crippen molar-refractivity contribution in [3.63, 3.8) is 0 Å². The zero-order chi connectivity index (χ0) is 27.7. The van der Waals surface area contributed by atoms with E-state index in [-0.39, 0.29) is 37.4 Å². The summed E-state index contributed by atoms with van der Waals surface area (Å²) in [6.45, 7) is 2.19. The van der Waals surface area contributed by atoms with E-state index in [4.69, 9.17) is 23.2 Å². The van der Waals surface area contributed by atoms with Gasteiger partial charge in [0, 0.05) is 35.6 Å². The number of nitrogens with zero attached hydrogens (tertiary/aromatic N) is 2. The van der Waals surface area contributed by atoms with Gasteiger partial charge in [-0.1, -0.05) is 73.7 Å². The van der Waals surface area contributed by atoms with Crippen LogP contribution in [0.5, 0.6) is 0 Å². The Morgan fingerprint density at radius 3 is 2.34 bits per heavy atom. The molecule has 10 heteroatoms. The minimum atomic E-state index is -3.53. The van der Waals surface area contributed by atoms with E-state index in [1.165, 1.54) is 10.7 Å². The third kappa shape index (κ3) is 8.61. The van der Waals surface area contributed by atoms with Crippen molar-refractivity contribution in [1.29, 1.82) is 0 Å². The molecule has 0 bridgehead atoms. The van der Waals surface area contributed by atoms with Gasteiger partial charge in [-0.05, 0) is 55.5 Å². The van der Waals surface area contributed by atoms with Crippen molar-refractivity contribution in [3.05, 3.63) is 64.1 Å². The number of benzene rings is 2. The van der Waals surface area contributed by atoms with Crippen LogP contribution in [-0.4, -0.2) is 50.0 Å². The first-order chi connectivity index (χ1) is 18.1. The molecule has 38 heavy (non-hydrogen) atoms. The monoisotopic (exact) mass is 581 g/mol. The van der Waals surface area contributed by atoms with Crippen molar-refractivity contribution < 1.29 is 18.0 Å². The number of rotatable bonds is 12. The largest absolute Gasteiger partial charge is 0.352 e. The fraction of sp³-hybridized carbons (Fsp3) is 0.500. The van der Waals surface area contributed by atoms with Gasteiger partial charge in [0.1, 0.15) is 6.04 Å². The quantitative estimate of drug-likeness (QED) is 0.343. The second-order valence-electron chi connectivity index (χ2n) is 9.80. The first kappa shape index (κ1) is 30.3. The molecule has 208 valence electrons. The van der Waals surface area contributed by atoms with Crippen LogP contribution < -0.4 is 9.62 Å². The molecule has 2 aromatic rings. The van der Waals surface area contributed by atoms with Crippen LogP contribution in [-0.2, 0) is 26.2 Å². The van der Waals surface area contributed by atoms with E-state index in [1.54, 1.807) is 47.4 Å². The molecule has 1 saturated carbocycles. The topological polar surface area (TPSA) is 86.8 Å². The molecule has 0 heterocycles. The second-order valence-corrected chi connectivity index (χ2v) is 12.5. The Labute approximate surface area is 236 Å². The molecule has 0 spiro atoms. The fourth-order valence-corrected chi connectivity index (χ4v) is 6.33. The Morgan fingerprint density at radius 2 is 1.74 bits per heavy atom. The number of carbonyl (C=O) groups excluding carboxylic acids is 2. The van der Waals surface area contributed by atoms with Crippen molar-refractivity contribution in [3.8, 4) is 0 Å². The summed E-state index contributed by atoms with van der Waals surface area (Å²) in [6, 6.07) is 13.3. The van der Waals surface area contributed by atoms with E-state index in [9.17, 15) is 18.0 Å². The Hall–Kier alpha value is -2.29. The molecule has 3 rings (SSSR count). The summed E-state index contributed by atoms with van der Waals surface area (Å²) in [7, 11) is -3.53. The zero-order valence-electron chi connectivity index (χ0n) is 22.0. The fourth-order valence-electron chi connectivity index (χ4n) is 4.90. The van der Waals surface area contributed by atoms with Gasteiger partial charge >= 0.3 is 0 Å². The first-order valence-corrected chi connectivity index (χ1v) is 15.8. The van der Waals surface area contributed by atoms with Crippen LogP contribution >= 0.6 is 23.2 Å². The molecule has 1 aliphatic rings. The minimum absolute atomic E-state index is 0.0806. The van der Waals surface area contributed by atoms with Crippen LogP contribution in [0.25, 0.3) is 0 Å². The van der Waals surface area contributed by atoms with Gasteiger partial charge in [0.25, 0.3) is 0 Å². The maximum Gasteiger partial charge on any atom is 0.243 e. The van der Waals surface area contributed by atoms with Crippen LogP contribution in [0.4, 0.5) is 5.69 Å². The molecule has 0 aliphatic heterocycles. The number of nitrogens with one attached hydrogen (secondary N) is 1. The maximum absolute atomic E-state index is 13.6. The van der Waals surface area contributed by atoms with Gasteiger partial charge in [0.2, 0.25) is 21.8 Å². The third-order valence-electron chi connectivity index (χ3n) is 6.89. The molecule has 1 N–H and O–H groups in total. The highest BCUT2D eigenvalue weighted by molar-refractivity contribution is 7.92. The van der Waals surface area contributed by atoms with E-state index >= 15 is 0 Å². The van der Waals surface area contributed by atoms with Crippen molar-refractivity contribution in [2.75, 3.05) is 17.1 Å². The van der Waals surface area contributed by atoms with Crippen LogP contribution in [0.2, 0.25) is 10.0 Å². The smallest absolute Gasteiger partial charge is 0.243 e. The predicted octanol–water partition coefficient (Wildman–Crippen LogP) is 5.80. The first-order valence-electron chi connectivity index (χ1n) is 13.2. The van der Waals surface area contributed by atoms with E-state index in [1.807, 2.05) is 13.0 Å². The van der Waals surface area contributed by atoms with Crippen molar-refractivity contribution >= 4 is 50.7 Å². The number of sulfonamides is 1. The number of carbonyl (C=O) groups is 2. The number of para-hydroxylation sites is 1. The number of anilines is 1. The highest BCUT2D eigenvalue weighted by atomic mass is 35.5. The molecule has 1 atom stereocenters. The summed E-state index contributed by atoms with van der Waals surface area (Å²) < 4.78 is 26.2. The Bertz CT molecular complexity index is 1190. The Morgan fingerprint density at radius 1 is 1.05 bits per heavy atom. The summed E-state index contributed by atoms with van der Waals surface area (Å²) in [4.78, 5) is 28.5. The van der Waals surface area contributed by atoms with E-state index < -0.39 is 16.1 Å². The standard InChI is InChI=1S/C28H37Cl2N3O4S/c1-3-26(28(35)31-23-11-6-4-7-12-23)32(20-21-16-17-22(29)19-25(21)30)27(34)15-10-18-33(38(2,36)37)24-13-8-5-9-14-24/h5,8-9,13-14,16-17,19,23,26H,3-4,6-7,10-12,15,18,20H2,1-2H3,(H,31,35)/t26-/m1/s1. The summed E-state index contributed by atoms with van der Waals surface area (Å²) >= 11 is 12.5. The number of halogens is 2. The molecule has 0 radical (unpaired) electrons. The normalized spacial score (nSPS) is 15.1. The van der Waals surface area contributed by atoms with E-state index in [2.05, 4.69) is 5.32 Å². The lowest BCUT2D eigenvalue weighted by atomic mass is 9.95. The lowest BCUT2D eigenvalue weighted by molar-refractivity contribution is -0.141. The molecule has 2 aromatic carbocycles. The molecule has 2 amide bonds. The van der Waals surface area contributed by atoms with Crippen molar-refractivity contribution in [2.24, 2.45) is 0 Å². The molecule has 0 aromatic heterocycles. The lowest BCUT2D eigenvalue weighted by Gasteiger charge is -2.33. The second kappa shape index (κ2) is 14.2. The van der Waals surface area contributed by atoms with Crippen LogP contribution in [0, 0.1) is 0 Å². The van der Waals surface area contributed by atoms with Crippen LogP contribution in [0.15, 0.2) is 48.5 Å². The van der Waals surface area contributed by atoms with Gasteiger partial charge in [-0.15, -0.1) is 0 Å². The van der Waals surface area contributed by atoms with Gasteiger partial charge < -0.3 is 10.2 Å². The average Bonchev–Trinajstić information content (AvgIpc) is 2.88. The van der Waals surface area contributed by atoms with Gasteiger partial charge in [-0.2, -0.15) is 0 Å². The van der Waals surface area contributed by atoms with E-state index in [0.717, 1.165) is 31.9 Å². The predicted molar refractivity (Wildman–Crippen MR) is 154 cm³/mol. The lowest BCUT2D eigenvalue weighted by Crippen LogP contribution is -2.51. The van der Waals surface area contributed by atoms with Gasteiger partial charge in [-0.25, -0.2) is 8.42 Å². The zero-order valence-corrected chi connectivity index (χ0v) is 24.4. The SMILES string of the molecule is CC[C@H](C(=O)NC1CCCCC1)N(Cc1ccc(Cl)cc1Cl)C(=O)CCCN(c1ccccc1)S(C)(=O)=O. The summed E-state index contributed by atoms with van der Waals surface area (Å²) in [5, 5.41) is 4.06. The van der Waals surface area contributed by atoms with Crippen LogP contribution in [0.3, 0.4) is 0 Å². The highest BCUT2D eigenvalue weighted by Crippen LogP contribution is 2.25. The molecular weight excluding hydrogens is 545 g/mol. The molecule has 1 aliphatic carbocycles. The van der Waals surface area contributed by atoms with Crippen molar-refractivity contribution in [1.82, 2.24) is 10.2 Å². The minimum Gasteiger partial charge on any atom is -0.352 e. The van der Waals surface area contributed by atoms with Gasteiger partial charge in [-0.3, -0.25) is 13.9 Å². The molecule has 0 unspecified atom stereocenters. The Balaban J connectivity index is 1.77. The summed E-state index contributed by atoms with van der Waals surface area (Å²) in [5.41, 5.74) is 1.24. The van der Waals surface area contributed by atoms with Crippen LogP contribution in [0.1, 0.15) is 63.9 Å². The number of hydrogen-bond donors (Lipinski definition) is 1. The van der Waals surface area contributed by atoms with Crippen molar-refractivity contribution in [2.45, 2.75) is 76.9 Å². The van der Waals surface area contributed by atoms with Gasteiger partial charge in [0.15, 0.2) is 0 Å². The number of amides is 2. The Kier molecular flexibility index (Phi) is 11.3. The third-order valence-corrected chi connectivity index (χ3v) is 8.67. The van der Waals surface area contributed by atoms with E-state index in [0.29, 0.717) is 34.1 Å².